The molecule has 1 heterocycles. The van der Waals surface area contributed by atoms with Gasteiger partial charge in [0.1, 0.15) is 5.75 Å². The van der Waals surface area contributed by atoms with Crippen LogP contribution in [0.25, 0.3) is 5.69 Å². The number of nitrogens with one attached hydrogen (secondary N) is 1. The lowest BCUT2D eigenvalue weighted by Gasteiger charge is -2.07. The number of methoxy groups -OCH3 is 1. The first-order chi connectivity index (χ1) is 8.13. The van der Waals surface area contributed by atoms with Gasteiger partial charge in [0, 0.05) is 18.5 Å². The summed E-state index contributed by atoms with van der Waals surface area (Å²) in [5, 5.41) is 0. The highest BCUT2D eigenvalue weighted by atomic mass is 19.1. The maximum Gasteiger partial charge on any atom is 0.320 e. The molecule has 0 aliphatic heterocycles. The zero-order chi connectivity index (χ0) is 12.4. The van der Waals surface area contributed by atoms with Crippen LogP contribution in [0.1, 0.15) is 0 Å². The van der Waals surface area contributed by atoms with Crippen LogP contribution in [0, 0.1) is 5.82 Å². The van der Waals surface area contributed by atoms with Gasteiger partial charge < -0.3 is 9.72 Å². The predicted octanol–water partition coefficient (Wildman–Crippen LogP) is 0.673. The topological polar surface area (TPSA) is 64.1 Å². The number of nitrogens with zero attached hydrogens (tertiary/aromatic N) is 1. The Labute approximate surface area is 95.1 Å². The van der Waals surface area contributed by atoms with Crippen LogP contribution in [0.5, 0.6) is 5.75 Å². The van der Waals surface area contributed by atoms with Crippen LogP contribution in [0.3, 0.4) is 0 Å². The highest BCUT2D eigenvalue weighted by Gasteiger charge is 2.08. The van der Waals surface area contributed by atoms with E-state index in [2.05, 4.69) is 4.98 Å². The zero-order valence-corrected chi connectivity index (χ0v) is 8.94. The summed E-state index contributed by atoms with van der Waals surface area (Å²) in [5.74, 6) is -0.304. The smallest absolute Gasteiger partial charge is 0.320 e. The fourth-order valence-corrected chi connectivity index (χ4v) is 1.43. The first kappa shape index (κ1) is 11.1. The number of hydrogen-bond acceptors (Lipinski definition) is 3. The third-order valence-corrected chi connectivity index (χ3v) is 2.27. The molecule has 6 heteroatoms. The van der Waals surface area contributed by atoms with E-state index in [-0.39, 0.29) is 5.69 Å². The van der Waals surface area contributed by atoms with Crippen LogP contribution in [0.4, 0.5) is 4.39 Å². The molecule has 0 bridgehead atoms. The summed E-state index contributed by atoms with van der Waals surface area (Å²) in [6.07, 6.45) is 2.56. The molecule has 88 valence electrons. The Morgan fingerprint density at radius 3 is 2.76 bits per heavy atom. The van der Waals surface area contributed by atoms with Crippen molar-refractivity contribution < 1.29 is 9.13 Å². The molecule has 0 spiro atoms. The second-order valence-electron chi connectivity index (χ2n) is 3.28. The quantitative estimate of drug-likeness (QED) is 0.779. The lowest BCUT2D eigenvalue weighted by molar-refractivity contribution is 0.411. The van der Waals surface area contributed by atoms with Gasteiger partial charge in [-0.1, -0.05) is 0 Å². The molecule has 0 fully saturated rings. The van der Waals surface area contributed by atoms with E-state index in [1.807, 2.05) is 0 Å². The molecule has 2 rings (SSSR count). The summed E-state index contributed by atoms with van der Waals surface area (Å²) >= 11 is 0. The summed E-state index contributed by atoms with van der Waals surface area (Å²) in [4.78, 5) is 24.8. The van der Waals surface area contributed by atoms with Crippen molar-refractivity contribution in [2.75, 3.05) is 7.11 Å². The predicted molar refractivity (Wildman–Crippen MR) is 59.2 cm³/mol. The highest BCUT2D eigenvalue weighted by molar-refractivity contribution is 5.39. The number of aromatic nitrogens is 2. The molecule has 0 radical (unpaired) electrons. The molecule has 0 saturated carbocycles. The molecule has 0 atom stereocenters. The van der Waals surface area contributed by atoms with E-state index < -0.39 is 16.9 Å². The van der Waals surface area contributed by atoms with E-state index in [0.29, 0.717) is 5.75 Å². The number of benzene rings is 1. The molecule has 1 aromatic carbocycles. The van der Waals surface area contributed by atoms with Crippen LogP contribution < -0.4 is 15.9 Å². The van der Waals surface area contributed by atoms with Crippen LogP contribution in [-0.4, -0.2) is 16.7 Å². The average molecular weight is 236 g/mol. The van der Waals surface area contributed by atoms with Crippen LogP contribution in [-0.2, 0) is 0 Å². The highest BCUT2D eigenvalue weighted by Crippen LogP contribution is 2.17. The fourth-order valence-electron chi connectivity index (χ4n) is 1.43. The van der Waals surface area contributed by atoms with Crippen molar-refractivity contribution in [3.8, 4) is 11.4 Å². The van der Waals surface area contributed by atoms with Gasteiger partial charge >= 0.3 is 11.1 Å². The van der Waals surface area contributed by atoms with Gasteiger partial charge in [0.05, 0.1) is 12.8 Å². The number of aromatic amines is 1. The monoisotopic (exact) mass is 236 g/mol. The molecule has 0 amide bonds. The van der Waals surface area contributed by atoms with Crippen molar-refractivity contribution in [1.29, 1.82) is 0 Å². The first-order valence-electron chi connectivity index (χ1n) is 4.78. The second kappa shape index (κ2) is 4.25. The van der Waals surface area contributed by atoms with Gasteiger partial charge in [-0.05, 0) is 12.1 Å². The lowest BCUT2D eigenvalue weighted by atomic mass is 10.3. The number of rotatable bonds is 2. The van der Waals surface area contributed by atoms with Crippen molar-refractivity contribution in [2.24, 2.45) is 0 Å². The molecule has 1 aromatic heterocycles. The van der Waals surface area contributed by atoms with E-state index in [0.717, 1.165) is 10.6 Å². The molecule has 0 aliphatic carbocycles. The Balaban J connectivity index is 2.65. The van der Waals surface area contributed by atoms with E-state index in [4.69, 9.17) is 4.74 Å². The van der Waals surface area contributed by atoms with Gasteiger partial charge in [-0.15, -0.1) is 0 Å². The van der Waals surface area contributed by atoms with Crippen molar-refractivity contribution in [3.63, 3.8) is 0 Å². The Kier molecular flexibility index (Phi) is 2.78. The summed E-state index contributed by atoms with van der Waals surface area (Å²) in [6, 6.07) is 4.02. The summed E-state index contributed by atoms with van der Waals surface area (Å²) < 4.78 is 19.5. The van der Waals surface area contributed by atoms with E-state index >= 15 is 0 Å². The van der Waals surface area contributed by atoms with Crippen molar-refractivity contribution >= 4 is 0 Å². The number of halogens is 1. The van der Waals surface area contributed by atoms with Crippen molar-refractivity contribution in [2.45, 2.75) is 0 Å². The van der Waals surface area contributed by atoms with E-state index in [1.54, 1.807) is 0 Å². The van der Waals surface area contributed by atoms with E-state index in [9.17, 15) is 14.0 Å². The molecule has 17 heavy (non-hydrogen) atoms. The molecule has 1 N–H and O–H groups in total. The third-order valence-electron chi connectivity index (χ3n) is 2.27. The van der Waals surface area contributed by atoms with Gasteiger partial charge in [0.2, 0.25) is 0 Å². The molecular formula is C11H9FN2O3. The van der Waals surface area contributed by atoms with Crippen LogP contribution in [0.2, 0.25) is 0 Å². The molecule has 0 saturated heterocycles. The van der Waals surface area contributed by atoms with Crippen LogP contribution in [0.15, 0.2) is 40.2 Å². The molecule has 2 aromatic rings. The number of H-pyrrole nitrogens is 1. The average Bonchev–Trinajstić information content (AvgIpc) is 2.33. The van der Waals surface area contributed by atoms with Gasteiger partial charge in [-0.3, -0.25) is 14.2 Å². The minimum atomic E-state index is -0.837. The zero-order valence-electron chi connectivity index (χ0n) is 8.94. The normalized spacial score (nSPS) is 10.2. The maximum atomic E-state index is 13.7. The lowest BCUT2D eigenvalue weighted by Crippen LogP contribution is -2.34. The summed E-state index contributed by atoms with van der Waals surface area (Å²) in [5.41, 5.74) is -1.64. The first-order valence-corrected chi connectivity index (χ1v) is 4.78. The molecule has 0 unspecified atom stereocenters. The SMILES string of the molecule is COc1ccc(-n2cc[nH]c(=O)c2=O)c(F)c1. The standard InChI is InChI=1S/C11H9FN2O3/c1-17-7-2-3-9(8(12)6-7)14-5-4-13-10(15)11(14)16/h2-6H,1H3,(H,13,15). The molecule has 5 nitrogen and oxygen atoms in total. The van der Waals surface area contributed by atoms with Gasteiger partial charge in [-0.25, -0.2) is 4.39 Å². The minimum absolute atomic E-state index is 0.00176. The second-order valence-corrected chi connectivity index (χ2v) is 3.28. The number of hydrogen-bond donors (Lipinski definition) is 1. The van der Waals surface area contributed by atoms with Crippen molar-refractivity contribution in [1.82, 2.24) is 9.55 Å². The third kappa shape index (κ3) is 1.96. The Bertz CT molecular complexity index is 660. The van der Waals surface area contributed by atoms with Crippen molar-refractivity contribution in [3.05, 3.63) is 57.1 Å². The summed E-state index contributed by atoms with van der Waals surface area (Å²) in [7, 11) is 1.41. The van der Waals surface area contributed by atoms with Gasteiger partial charge in [0.15, 0.2) is 5.82 Å². The van der Waals surface area contributed by atoms with E-state index in [1.165, 1.54) is 31.6 Å². The summed E-state index contributed by atoms with van der Waals surface area (Å²) in [6.45, 7) is 0. The Morgan fingerprint density at radius 1 is 1.35 bits per heavy atom. The fraction of sp³-hybridized carbons (Fsp3) is 0.0909. The maximum absolute atomic E-state index is 13.7. The Morgan fingerprint density at radius 2 is 2.12 bits per heavy atom. The molecular weight excluding hydrogens is 227 g/mol. The largest absolute Gasteiger partial charge is 0.497 e. The molecule has 0 aliphatic rings. The number of ether oxygens (including phenoxy) is 1. The van der Waals surface area contributed by atoms with Gasteiger partial charge in [-0.2, -0.15) is 0 Å². The Hall–Kier alpha value is -2.37. The minimum Gasteiger partial charge on any atom is -0.497 e. The van der Waals surface area contributed by atoms with Crippen LogP contribution >= 0.6 is 0 Å². The van der Waals surface area contributed by atoms with Gasteiger partial charge in [0.25, 0.3) is 0 Å².